The van der Waals surface area contributed by atoms with E-state index in [-0.39, 0.29) is 18.9 Å². The Labute approximate surface area is 128 Å². The number of hydrogen-bond acceptors (Lipinski definition) is 5. The van der Waals surface area contributed by atoms with E-state index >= 15 is 0 Å². The van der Waals surface area contributed by atoms with Gasteiger partial charge >= 0.3 is 5.97 Å². The summed E-state index contributed by atoms with van der Waals surface area (Å²) in [5.41, 5.74) is 0.786. The number of carboxylic acid groups (broad SMARTS) is 1. The van der Waals surface area contributed by atoms with Crippen LogP contribution in [0.5, 0.6) is 17.2 Å². The van der Waals surface area contributed by atoms with Crippen LogP contribution in [-0.4, -0.2) is 49.8 Å². The van der Waals surface area contributed by atoms with Crippen LogP contribution in [0.25, 0.3) is 0 Å². The summed E-state index contributed by atoms with van der Waals surface area (Å²) in [6.07, 6.45) is 0.0414. The second-order valence-corrected chi connectivity index (χ2v) is 5.05. The Kier molecular flexibility index (Phi) is 4.75. The van der Waals surface area contributed by atoms with Gasteiger partial charge in [0.05, 0.1) is 27.2 Å². The Morgan fingerprint density at radius 2 is 1.82 bits per heavy atom. The quantitative estimate of drug-likeness (QED) is 0.848. The average Bonchev–Trinajstić information content (AvgIpc) is 2.87. The number of rotatable bonds is 6. The van der Waals surface area contributed by atoms with Crippen molar-refractivity contribution in [3.05, 3.63) is 17.7 Å². The summed E-state index contributed by atoms with van der Waals surface area (Å²) in [5.74, 6) is -0.280. The van der Waals surface area contributed by atoms with Crippen molar-refractivity contribution in [1.29, 1.82) is 0 Å². The molecule has 0 unspecified atom stereocenters. The number of ether oxygens (including phenoxy) is 3. The zero-order valence-electron chi connectivity index (χ0n) is 12.8. The van der Waals surface area contributed by atoms with Crippen LogP contribution in [0, 0.1) is 5.92 Å². The number of amides is 1. The summed E-state index contributed by atoms with van der Waals surface area (Å²) < 4.78 is 15.8. The third kappa shape index (κ3) is 3.08. The smallest absolute Gasteiger partial charge is 0.308 e. The fourth-order valence-corrected chi connectivity index (χ4v) is 2.54. The summed E-state index contributed by atoms with van der Waals surface area (Å²) in [6.45, 7) is 0.518. The van der Waals surface area contributed by atoms with Crippen molar-refractivity contribution in [2.45, 2.75) is 13.0 Å². The van der Waals surface area contributed by atoms with E-state index in [1.165, 1.54) is 26.2 Å². The van der Waals surface area contributed by atoms with Gasteiger partial charge in [-0.05, 0) is 17.7 Å². The molecule has 2 rings (SSSR count). The molecule has 1 amide bonds. The average molecular weight is 309 g/mol. The zero-order chi connectivity index (χ0) is 16.3. The third-order valence-electron chi connectivity index (χ3n) is 3.66. The van der Waals surface area contributed by atoms with Crippen LogP contribution >= 0.6 is 0 Å². The molecule has 120 valence electrons. The second kappa shape index (κ2) is 6.55. The molecule has 22 heavy (non-hydrogen) atoms. The molecule has 7 nitrogen and oxygen atoms in total. The molecule has 1 N–H and O–H groups in total. The monoisotopic (exact) mass is 309 g/mol. The molecule has 0 aromatic heterocycles. The number of likely N-dealkylation sites (tertiary alicyclic amines) is 1. The highest BCUT2D eigenvalue weighted by molar-refractivity contribution is 5.86. The van der Waals surface area contributed by atoms with Gasteiger partial charge in [-0.2, -0.15) is 0 Å². The summed E-state index contributed by atoms with van der Waals surface area (Å²) in [5, 5.41) is 9.01. The SMILES string of the molecule is COc1cc(CN2C[C@H](C(=O)O)CC2=O)cc(OC)c1OC. The molecule has 0 saturated carbocycles. The fourth-order valence-electron chi connectivity index (χ4n) is 2.54. The maximum atomic E-state index is 11.9. The Morgan fingerprint density at radius 1 is 1.23 bits per heavy atom. The number of carbonyl (C=O) groups is 2. The maximum absolute atomic E-state index is 11.9. The lowest BCUT2D eigenvalue weighted by Crippen LogP contribution is -2.25. The number of aliphatic carboxylic acids is 1. The first-order valence-corrected chi connectivity index (χ1v) is 6.79. The first-order valence-electron chi connectivity index (χ1n) is 6.79. The lowest BCUT2D eigenvalue weighted by molar-refractivity contribution is -0.141. The Bertz CT molecular complexity index is 560. The molecule has 1 saturated heterocycles. The highest BCUT2D eigenvalue weighted by atomic mass is 16.5. The minimum absolute atomic E-state index is 0.0414. The van der Waals surface area contributed by atoms with E-state index < -0.39 is 11.9 Å². The molecule has 1 aromatic carbocycles. The van der Waals surface area contributed by atoms with E-state index in [2.05, 4.69) is 0 Å². The minimum Gasteiger partial charge on any atom is -0.493 e. The number of benzene rings is 1. The van der Waals surface area contributed by atoms with Crippen LogP contribution in [-0.2, 0) is 16.1 Å². The van der Waals surface area contributed by atoms with Gasteiger partial charge in [0, 0.05) is 19.5 Å². The Morgan fingerprint density at radius 3 is 2.23 bits per heavy atom. The third-order valence-corrected chi connectivity index (χ3v) is 3.66. The van der Waals surface area contributed by atoms with Crippen LogP contribution < -0.4 is 14.2 Å². The standard InChI is InChI=1S/C15H19NO6/c1-20-11-4-9(5-12(21-2)14(11)22-3)7-16-8-10(15(18)19)6-13(16)17/h4-5,10H,6-8H2,1-3H3,(H,18,19)/t10-/m1/s1. The molecule has 0 aliphatic carbocycles. The lowest BCUT2D eigenvalue weighted by atomic mass is 10.1. The predicted molar refractivity (Wildman–Crippen MR) is 77.3 cm³/mol. The van der Waals surface area contributed by atoms with Gasteiger partial charge in [-0.25, -0.2) is 0 Å². The molecule has 1 aliphatic heterocycles. The zero-order valence-corrected chi connectivity index (χ0v) is 12.8. The molecule has 0 radical (unpaired) electrons. The van der Waals surface area contributed by atoms with E-state index in [0.29, 0.717) is 23.8 Å². The highest BCUT2D eigenvalue weighted by Crippen LogP contribution is 2.38. The van der Waals surface area contributed by atoms with Crippen LogP contribution in [0.1, 0.15) is 12.0 Å². The number of nitrogens with zero attached hydrogens (tertiary/aromatic N) is 1. The van der Waals surface area contributed by atoms with Crippen LogP contribution in [0.2, 0.25) is 0 Å². The maximum Gasteiger partial charge on any atom is 0.308 e. The van der Waals surface area contributed by atoms with Gasteiger partial charge < -0.3 is 24.2 Å². The minimum atomic E-state index is -0.944. The van der Waals surface area contributed by atoms with Gasteiger partial charge in [0.1, 0.15) is 0 Å². The highest BCUT2D eigenvalue weighted by Gasteiger charge is 2.34. The summed E-state index contributed by atoms with van der Waals surface area (Å²) in [4.78, 5) is 24.4. The Hall–Kier alpha value is -2.44. The van der Waals surface area contributed by atoms with Crippen LogP contribution in [0.15, 0.2) is 12.1 Å². The van der Waals surface area contributed by atoms with Gasteiger partial charge in [-0.1, -0.05) is 0 Å². The van der Waals surface area contributed by atoms with Gasteiger partial charge in [-0.3, -0.25) is 9.59 Å². The molecule has 1 aliphatic rings. The van der Waals surface area contributed by atoms with Crippen molar-refractivity contribution in [2.24, 2.45) is 5.92 Å². The number of carbonyl (C=O) groups excluding carboxylic acids is 1. The molecule has 1 fully saturated rings. The predicted octanol–water partition coefficient (Wildman–Crippen LogP) is 1.15. The largest absolute Gasteiger partial charge is 0.493 e. The number of carboxylic acids is 1. The van der Waals surface area contributed by atoms with Crippen molar-refractivity contribution < 1.29 is 28.9 Å². The molecular formula is C15H19NO6. The first kappa shape index (κ1) is 15.9. The summed E-state index contributed by atoms with van der Waals surface area (Å²) in [6, 6.07) is 3.51. The topological polar surface area (TPSA) is 85.3 Å². The van der Waals surface area contributed by atoms with Crippen molar-refractivity contribution in [3.8, 4) is 17.2 Å². The summed E-state index contributed by atoms with van der Waals surface area (Å²) in [7, 11) is 4.55. The normalized spacial score (nSPS) is 17.5. The first-order chi connectivity index (χ1) is 10.5. The Balaban J connectivity index is 2.23. The van der Waals surface area contributed by atoms with Crippen molar-refractivity contribution in [1.82, 2.24) is 4.90 Å². The molecular weight excluding hydrogens is 290 g/mol. The summed E-state index contributed by atoms with van der Waals surface area (Å²) >= 11 is 0. The van der Waals surface area contributed by atoms with E-state index in [4.69, 9.17) is 19.3 Å². The molecule has 1 heterocycles. The van der Waals surface area contributed by atoms with Crippen molar-refractivity contribution in [2.75, 3.05) is 27.9 Å². The van der Waals surface area contributed by atoms with E-state index in [0.717, 1.165) is 5.56 Å². The van der Waals surface area contributed by atoms with E-state index in [1.54, 1.807) is 12.1 Å². The van der Waals surface area contributed by atoms with Gasteiger partial charge in [0.25, 0.3) is 0 Å². The molecule has 0 bridgehead atoms. The van der Waals surface area contributed by atoms with Crippen molar-refractivity contribution >= 4 is 11.9 Å². The van der Waals surface area contributed by atoms with Gasteiger partial charge in [0.2, 0.25) is 11.7 Å². The van der Waals surface area contributed by atoms with Gasteiger partial charge in [-0.15, -0.1) is 0 Å². The lowest BCUT2D eigenvalue weighted by Gasteiger charge is -2.19. The van der Waals surface area contributed by atoms with E-state index in [9.17, 15) is 9.59 Å². The second-order valence-electron chi connectivity index (χ2n) is 5.05. The van der Waals surface area contributed by atoms with Crippen LogP contribution in [0.3, 0.4) is 0 Å². The number of methoxy groups -OCH3 is 3. The molecule has 7 heteroatoms. The van der Waals surface area contributed by atoms with Crippen molar-refractivity contribution in [3.63, 3.8) is 0 Å². The number of hydrogen-bond donors (Lipinski definition) is 1. The molecule has 1 atom stereocenters. The van der Waals surface area contributed by atoms with E-state index in [1.807, 2.05) is 0 Å². The molecule has 0 spiro atoms. The molecule has 1 aromatic rings. The van der Waals surface area contributed by atoms with Crippen LogP contribution in [0.4, 0.5) is 0 Å². The fraction of sp³-hybridized carbons (Fsp3) is 0.467. The van der Waals surface area contributed by atoms with Gasteiger partial charge in [0.15, 0.2) is 11.5 Å².